The number of alkyl halides is 1. The van der Waals surface area contributed by atoms with Gasteiger partial charge in [-0.1, -0.05) is 22.6 Å². The molecule has 0 aromatic carbocycles. The third-order valence-electron chi connectivity index (χ3n) is 1.06. The zero-order valence-corrected chi connectivity index (χ0v) is 6.68. The van der Waals surface area contributed by atoms with Crippen LogP contribution < -0.4 is 5.32 Å². The van der Waals surface area contributed by atoms with Crippen LogP contribution in [0.15, 0.2) is 0 Å². The minimum Gasteiger partial charge on any atom is -0.325 e. The van der Waals surface area contributed by atoms with Crippen LogP contribution in [0.1, 0.15) is 0 Å². The Kier molecular flexibility index (Phi) is 1.59. The third-order valence-corrected chi connectivity index (χ3v) is 1.77. The first-order chi connectivity index (χ1) is 3.70. The summed E-state index contributed by atoms with van der Waals surface area (Å²) in [7, 11) is 1.79. The Morgan fingerprint density at radius 2 is 2.62 bits per heavy atom. The molecule has 1 N–H and O–H groups in total. The van der Waals surface area contributed by atoms with Gasteiger partial charge in [0, 0.05) is 7.05 Å². The highest BCUT2D eigenvalue weighted by Crippen LogP contribution is 2.05. The lowest BCUT2D eigenvalue weighted by Crippen LogP contribution is -2.24. The average molecular weight is 226 g/mol. The molecule has 0 aromatic rings. The third kappa shape index (κ3) is 1.04. The van der Waals surface area contributed by atoms with Gasteiger partial charge < -0.3 is 10.2 Å². The minimum absolute atomic E-state index is 0.0319. The smallest absolute Gasteiger partial charge is 0.318 e. The van der Waals surface area contributed by atoms with Crippen molar-refractivity contribution in [3.05, 3.63) is 0 Å². The summed E-state index contributed by atoms with van der Waals surface area (Å²) in [6.07, 6.45) is 0. The first-order valence-corrected chi connectivity index (χ1v) is 3.60. The molecule has 1 atom stereocenters. The van der Waals surface area contributed by atoms with Crippen LogP contribution in [-0.4, -0.2) is 28.6 Å². The molecule has 0 radical (unpaired) electrons. The molecular weight excluding hydrogens is 219 g/mol. The molecule has 1 unspecified atom stereocenters. The molecular formula is C4H7IN2O. The molecule has 0 spiro atoms. The van der Waals surface area contributed by atoms with Crippen LogP contribution in [0.4, 0.5) is 4.79 Å². The lowest BCUT2D eigenvalue weighted by Gasteiger charge is -2.01. The number of nitrogens with zero attached hydrogens (tertiary/aromatic N) is 1. The van der Waals surface area contributed by atoms with Crippen LogP contribution in [0.2, 0.25) is 0 Å². The van der Waals surface area contributed by atoms with Gasteiger partial charge in [-0.25, -0.2) is 4.79 Å². The molecule has 0 bridgehead atoms. The number of carbonyl (C=O) groups excluding carboxylic acids is 1. The van der Waals surface area contributed by atoms with Crippen molar-refractivity contribution in [2.45, 2.75) is 4.05 Å². The van der Waals surface area contributed by atoms with Gasteiger partial charge in [0.1, 0.15) is 4.05 Å². The maximum Gasteiger partial charge on any atom is 0.318 e. The van der Waals surface area contributed by atoms with E-state index in [1.807, 2.05) is 0 Å². The van der Waals surface area contributed by atoms with Crippen molar-refractivity contribution in [2.75, 3.05) is 13.6 Å². The quantitative estimate of drug-likeness (QED) is 0.362. The minimum atomic E-state index is 0.0319. The van der Waals surface area contributed by atoms with E-state index in [-0.39, 0.29) is 6.03 Å². The first kappa shape index (κ1) is 6.12. The second kappa shape index (κ2) is 2.08. The van der Waals surface area contributed by atoms with Crippen molar-refractivity contribution in [3.8, 4) is 0 Å². The molecule has 1 aliphatic heterocycles. The topological polar surface area (TPSA) is 32.3 Å². The van der Waals surface area contributed by atoms with Crippen molar-refractivity contribution in [1.29, 1.82) is 0 Å². The van der Waals surface area contributed by atoms with Crippen molar-refractivity contribution in [3.63, 3.8) is 0 Å². The van der Waals surface area contributed by atoms with Crippen molar-refractivity contribution >= 4 is 28.6 Å². The highest BCUT2D eigenvalue weighted by Gasteiger charge is 2.22. The summed E-state index contributed by atoms with van der Waals surface area (Å²) in [5, 5.41) is 2.74. The van der Waals surface area contributed by atoms with Gasteiger partial charge in [-0.2, -0.15) is 0 Å². The number of likely N-dealkylation sites (N-methyl/N-ethyl adjacent to an activating group) is 1. The number of carbonyl (C=O) groups is 1. The highest BCUT2D eigenvalue weighted by atomic mass is 127. The van der Waals surface area contributed by atoms with E-state index in [1.165, 1.54) is 0 Å². The molecule has 1 heterocycles. The van der Waals surface area contributed by atoms with Crippen molar-refractivity contribution in [1.82, 2.24) is 10.2 Å². The summed E-state index contributed by atoms with van der Waals surface area (Å²) < 4.78 is 0.296. The fourth-order valence-corrected chi connectivity index (χ4v) is 1.47. The monoisotopic (exact) mass is 226 g/mol. The van der Waals surface area contributed by atoms with Gasteiger partial charge in [-0.05, 0) is 0 Å². The number of amides is 2. The molecule has 46 valence electrons. The maximum absolute atomic E-state index is 10.6. The molecule has 1 saturated heterocycles. The van der Waals surface area contributed by atoms with E-state index in [0.29, 0.717) is 4.05 Å². The van der Waals surface area contributed by atoms with E-state index < -0.39 is 0 Å². The van der Waals surface area contributed by atoms with Crippen molar-refractivity contribution < 1.29 is 4.79 Å². The Morgan fingerprint density at radius 3 is 2.75 bits per heavy atom. The molecule has 1 rings (SSSR count). The fraction of sp³-hybridized carbons (Fsp3) is 0.750. The van der Waals surface area contributed by atoms with Crippen LogP contribution in [0, 0.1) is 0 Å². The summed E-state index contributed by atoms with van der Waals surface area (Å²) in [6.45, 7) is 0.819. The fourth-order valence-electron chi connectivity index (χ4n) is 0.613. The molecule has 0 aromatic heterocycles. The summed E-state index contributed by atoms with van der Waals surface area (Å²) in [5.74, 6) is 0. The van der Waals surface area contributed by atoms with Gasteiger partial charge >= 0.3 is 6.03 Å². The Bertz CT molecular complexity index is 117. The Balaban J connectivity index is 2.51. The average Bonchev–Trinajstić information content (AvgIpc) is 1.85. The SMILES string of the molecule is CN1CC(I)NC1=O. The first-order valence-electron chi connectivity index (χ1n) is 2.36. The van der Waals surface area contributed by atoms with Gasteiger partial charge in [0.2, 0.25) is 0 Å². The van der Waals surface area contributed by atoms with Crippen LogP contribution >= 0.6 is 22.6 Å². The Labute approximate surface area is 61.6 Å². The molecule has 0 saturated carbocycles. The summed E-state index contributed by atoms with van der Waals surface area (Å²) in [4.78, 5) is 12.3. The lowest BCUT2D eigenvalue weighted by atomic mass is 10.7. The van der Waals surface area contributed by atoms with E-state index in [2.05, 4.69) is 27.9 Å². The summed E-state index contributed by atoms with van der Waals surface area (Å²) >= 11 is 2.19. The Morgan fingerprint density at radius 1 is 2.00 bits per heavy atom. The predicted molar refractivity (Wildman–Crippen MR) is 39.0 cm³/mol. The predicted octanol–water partition coefficient (Wildman–Crippen LogP) is 0.403. The summed E-state index contributed by atoms with van der Waals surface area (Å²) in [6, 6.07) is 0.0319. The van der Waals surface area contributed by atoms with E-state index in [9.17, 15) is 4.79 Å². The van der Waals surface area contributed by atoms with Gasteiger partial charge in [-0.15, -0.1) is 0 Å². The molecule has 4 heteroatoms. The molecule has 3 nitrogen and oxygen atoms in total. The second-order valence-electron chi connectivity index (χ2n) is 1.80. The van der Waals surface area contributed by atoms with Gasteiger partial charge in [0.05, 0.1) is 6.54 Å². The maximum atomic E-state index is 10.6. The van der Waals surface area contributed by atoms with Gasteiger partial charge in [0.25, 0.3) is 0 Å². The van der Waals surface area contributed by atoms with Crippen LogP contribution in [0.25, 0.3) is 0 Å². The van der Waals surface area contributed by atoms with Crippen LogP contribution in [0.3, 0.4) is 0 Å². The Hall–Kier alpha value is 0. The standard InChI is InChI=1S/C4H7IN2O/c1-7-2-3(5)6-4(7)8/h3H,2H2,1H3,(H,6,8). The van der Waals surface area contributed by atoms with E-state index in [0.717, 1.165) is 6.54 Å². The number of hydrogen-bond donors (Lipinski definition) is 1. The lowest BCUT2D eigenvalue weighted by molar-refractivity contribution is 0.226. The zero-order valence-electron chi connectivity index (χ0n) is 4.52. The van der Waals surface area contributed by atoms with E-state index >= 15 is 0 Å². The van der Waals surface area contributed by atoms with Crippen LogP contribution in [-0.2, 0) is 0 Å². The van der Waals surface area contributed by atoms with E-state index in [4.69, 9.17) is 0 Å². The number of hydrogen-bond acceptors (Lipinski definition) is 1. The van der Waals surface area contributed by atoms with Gasteiger partial charge in [-0.3, -0.25) is 0 Å². The van der Waals surface area contributed by atoms with Crippen LogP contribution in [0.5, 0.6) is 0 Å². The number of rotatable bonds is 0. The van der Waals surface area contributed by atoms with Gasteiger partial charge in [0.15, 0.2) is 0 Å². The largest absolute Gasteiger partial charge is 0.325 e. The second-order valence-corrected chi connectivity index (χ2v) is 3.30. The summed E-state index contributed by atoms with van der Waals surface area (Å²) in [5.41, 5.74) is 0. The zero-order chi connectivity index (χ0) is 6.15. The normalized spacial score (nSPS) is 28.5. The van der Waals surface area contributed by atoms with Crippen molar-refractivity contribution in [2.24, 2.45) is 0 Å². The molecule has 1 aliphatic rings. The number of halogens is 1. The number of urea groups is 1. The van der Waals surface area contributed by atoms with E-state index in [1.54, 1.807) is 11.9 Å². The highest BCUT2D eigenvalue weighted by molar-refractivity contribution is 14.1. The molecule has 2 amide bonds. The number of nitrogens with one attached hydrogen (secondary N) is 1. The molecule has 8 heavy (non-hydrogen) atoms. The molecule has 0 aliphatic carbocycles. The molecule has 1 fully saturated rings.